The van der Waals surface area contributed by atoms with E-state index >= 15 is 0 Å². The molecule has 1 aromatic heterocycles. The minimum absolute atomic E-state index is 0.0374. The van der Waals surface area contributed by atoms with E-state index in [1.54, 1.807) is 0 Å². The van der Waals surface area contributed by atoms with Crippen LogP contribution in [0.15, 0.2) is 4.52 Å². The van der Waals surface area contributed by atoms with Crippen molar-refractivity contribution >= 4 is 9.84 Å². The number of ether oxygens (including phenoxy) is 2. The van der Waals surface area contributed by atoms with Crippen LogP contribution in [0.4, 0.5) is 0 Å². The predicted octanol–water partition coefficient (Wildman–Crippen LogP) is -0.566. The molecule has 2 fully saturated rings. The number of nitrogens with one attached hydrogen (secondary N) is 1. The largest absolute Gasteiger partial charge is 0.376 e. The van der Waals surface area contributed by atoms with Gasteiger partial charge in [-0.05, 0) is 6.42 Å². The highest BCUT2D eigenvalue weighted by molar-refractivity contribution is 7.91. The Bertz CT molecular complexity index is 552. The fourth-order valence-electron chi connectivity index (χ4n) is 2.30. The van der Waals surface area contributed by atoms with Crippen LogP contribution in [0, 0.1) is 0 Å². The molecule has 0 spiro atoms. The first-order valence-corrected chi connectivity index (χ1v) is 8.40. The third-order valence-electron chi connectivity index (χ3n) is 3.36. The van der Waals surface area contributed by atoms with Crippen molar-refractivity contribution in [1.82, 2.24) is 15.5 Å². The lowest BCUT2D eigenvalue weighted by Gasteiger charge is -2.19. The molecule has 0 aliphatic carbocycles. The van der Waals surface area contributed by atoms with Crippen LogP contribution in [0.5, 0.6) is 0 Å². The predicted molar refractivity (Wildman–Crippen MR) is 67.7 cm³/mol. The van der Waals surface area contributed by atoms with Gasteiger partial charge < -0.3 is 19.3 Å². The Balaban J connectivity index is 1.52. The van der Waals surface area contributed by atoms with E-state index in [9.17, 15) is 8.42 Å². The first-order chi connectivity index (χ1) is 9.62. The lowest BCUT2D eigenvalue weighted by molar-refractivity contribution is -0.0941. The molecule has 1 aromatic rings. The highest BCUT2D eigenvalue weighted by Gasteiger charge is 2.28. The molecule has 2 unspecified atom stereocenters. The Morgan fingerprint density at radius 3 is 2.95 bits per heavy atom. The van der Waals surface area contributed by atoms with Crippen LogP contribution in [-0.2, 0) is 25.9 Å². The van der Waals surface area contributed by atoms with E-state index in [0.29, 0.717) is 44.5 Å². The van der Waals surface area contributed by atoms with Crippen LogP contribution >= 0.6 is 0 Å². The third-order valence-corrected chi connectivity index (χ3v) is 5.13. The van der Waals surface area contributed by atoms with Gasteiger partial charge in [0.15, 0.2) is 9.84 Å². The zero-order valence-corrected chi connectivity index (χ0v) is 11.8. The van der Waals surface area contributed by atoms with Gasteiger partial charge in [-0.1, -0.05) is 5.16 Å². The third kappa shape index (κ3) is 3.35. The van der Waals surface area contributed by atoms with Gasteiger partial charge in [0.05, 0.1) is 37.9 Å². The molecular formula is C11H17N3O5S. The summed E-state index contributed by atoms with van der Waals surface area (Å²) in [5.74, 6) is 1.32. The second-order valence-electron chi connectivity index (χ2n) is 4.96. The Kier molecular flexibility index (Phi) is 4.01. The normalized spacial score (nSPS) is 29.6. The van der Waals surface area contributed by atoms with E-state index in [2.05, 4.69) is 15.5 Å². The number of sulfone groups is 1. The lowest BCUT2D eigenvalue weighted by Crippen LogP contribution is -2.29. The number of hydrogen-bond acceptors (Lipinski definition) is 8. The van der Waals surface area contributed by atoms with E-state index < -0.39 is 9.84 Å². The summed E-state index contributed by atoms with van der Waals surface area (Å²) in [7, 11) is -2.88. The summed E-state index contributed by atoms with van der Waals surface area (Å²) in [6, 6.07) is -0.0374. The molecule has 2 aliphatic heterocycles. The van der Waals surface area contributed by atoms with E-state index in [4.69, 9.17) is 14.0 Å². The topological polar surface area (TPSA) is 104 Å². The van der Waals surface area contributed by atoms with E-state index in [1.807, 2.05) is 0 Å². The smallest absolute Gasteiger partial charge is 0.240 e. The second kappa shape index (κ2) is 5.76. The van der Waals surface area contributed by atoms with Crippen molar-refractivity contribution < 1.29 is 22.4 Å². The molecule has 0 aromatic carbocycles. The molecule has 9 heteroatoms. The molecule has 0 saturated carbocycles. The SMILES string of the molecule is O=S1(=O)CCC(NCc2nc(C3COCCO3)no2)C1. The standard InChI is InChI=1S/C11H17N3O5S/c15-20(16)4-1-8(7-20)12-5-10-13-11(14-19-10)9-6-17-2-3-18-9/h8-9,12H,1-7H2. The van der Waals surface area contributed by atoms with Gasteiger partial charge in [0, 0.05) is 6.04 Å². The van der Waals surface area contributed by atoms with Crippen LogP contribution < -0.4 is 5.32 Å². The Labute approximate surface area is 116 Å². The summed E-state index contributed by atoms with van der Waals surface area (Å²) in [6.07, 6.45) is 0.344. The maximum absolute atomic E-state index is 11.3. The fraction of sp³-hybridized carbons (Fsp3) is 0.818. The summed E-state index contributed by atoms with van der Waals surface area (Å²) in [6.45, 7) is 1.89. The zero-order valence-electron chi connectivity index (χ0n) is 10.9. The summed E-state index contributed by atoms with van der Waals surface area (Å²) < 4.78 is 38.6. The highest BCUT2D eigenvalue weighted by atomic mass is 32.2. The monoisotopic (exact) mass is 303 g/mol. The molecular weight excluding hydrogens is 286 g/mol. The van der Waals surface area contributed by atoms with Crippen molar-refractivity contribution in [2.24, 2.45) is 0 Å². The molecule has 2 aliphatic rings. The number of rotatable bonds is 4. The molecule has 8 nitrogen and oxygen atoms in total. The van der Waals surface area contributed by atoms with Gasteiger partial charge in [-0.2, -0.15) is 4.98 Å². The molecule has 112 valence electrons. The van der Waals surface area contributed by atoms with Crippen molar-refractivity contribution in [3.8, 4) is 0 Å². The van der Waals surface area contributed by atoms with Gasteiger partial charge in [0.2, 0.25) is 11.7 Å². The number of hydrogen-bond donors (Lipinski definition) is 1. The van der Waals surface area contributed by atoms with Crippen molar-refractivity contribution in [2.75, 3.05) is 31.3 Å². The van der Waals surface area contributed by atoms with Gasteiger partial charge in [0.25, 0.3) is 0 Å². The van der Waals surface area contributed by atoms with E-state index in [0.717, 1.165) is 0 Å². The van der Waals surface area contributed by atoms with Crippen LogP contribution in [0.25, 0.3) is 0 Å². The van der Waals surface area contributed by atoms with Crippen molar-refractivity contribution in [3.05, 3.63) is 11.7 Å². The van der Waals surface area contributed by atoms with Crippen molar-refractivity contribution in [2.45, 2.75) is 25.1 Å². The second-order valence-corrected chi connectivity index (χ2v) is 7.19. The van der Waals surface area contributed by atoms with Crippen LogP contribution in [-0.4, -0.2) is 55.9 Å². The van der Waals surface area contributed by atoms with Gasteiger partial charge in [-0.25, -0.2) is 8.42 Å². The van der Waals surface area contributed by atoms with Gasteiger partial charge >= 0.3 is 0 Å². The average Bonchev–Trinajstić information content (AvgIpc) is 3.04. The van der Waals surface area contributed by atoms with Crippen molar-refractivity contribution in [3.63, 3.8) is 0 Å². The first-order valence-electron chi connectivity index (χ1n) is 6.58. The molecule has 1 N–H and O–H groups in total. The molecule has 3 heterocycles. The van der Waals surface area contributed by atoms with E-state index in [-0.39, 0.29) is 23.7 Å². The maximum Gasteiger partial charge on any atom is 0.240 e. The molecule has 3 rings (SSSR count). The van der Waals surface area contributed by atoms with Gasteiger partial charge in [0.1, 0.15) is 6.10 Å². The van der Waals surface area contributed by atoms with Crippen LogP contribution in [0.3, 0.4) is 0 Å². The molecule has 20 heavy (non-hydrogen) atoms. The van der Waals surface area contributed by atoms with Crippen LogP contribution in [0.2, 0.25) is 0 Å². The first kappa shape index (κ1) is 13.9. The van der Waals surface area contributed by atoms with Gasteiger partial charge in [-0.3, -0.25) is 0 Å². The molecule has 2 atom stereocenters. The maximum atomic E-state index is 11.3. The average molecular weight is 303 g/mol. The highest BCUT2D eigenvalue weighted by Crippen LogP contribution is 2.18. The minimum Gasteiger partial charge on any atom is -0.376 e. The summed E-state index contributed by atoms with van der Waals surface area (Å²) in [5.41, 5.74) is 0. The Morgan fingerprint density at radius 1 is 1.35 bits per heavy atom. The fourth-order valence-corrected chi connectivity index (χ4v) is 4.00. The molecule has 0 amide bonds. The summed E-state index contributed by atoms with van der Waals surface area (Å²) in [4.78, 5) is 4.24. The number of aromatic nitrogens is 2. The zero-order chi connectivity index (χ0) is 14.0. The number of nitrogens with zero attached hydrogens (tertiary/aromatic N) is 2. The molecule has 0 radical (unpaired) electrons. The molecule has 2 saturated heterocycles. The Morgan fingerprint density at radius 2 is 2.25 bits per heavy atom. The minimum atomic E-state index is -2.88. The van der Waals surface area contributed by atoms with Gasteiger partial charge in [-0.15, -0.1) is 0 Å². The van der Waals surface area contributed by atoms with Crippen LogP contribution in [0.1, 0.15) is 24.2 Å². The Hall–Kier alpha value is -1.03. The molecule has 0 bridgehead atoms. The summed E-state index contributed by atoms with van der Waals surface area (Å²) >= 11 is 0. The quantitative estimate of drug-likeness (QED) is 0.789. The van der Waals surface area contributed by atoms with Crippen molar-refractivity contribution in [1.29, 1.82) is 0 Å². The lowest BCUT2D eigenvalue weighted by atomic mass is 10.2. The van der Waals surface area contributed by atoms with E-state index in [1.165, 1.54) is 0 Å². The summed E-state index contributed by atoms with van der Waals surface area (Å²) in [5, 5.41) is 6.99.